The molecule has 150 valence electrons. The smallest absolute Gasteiger partial charge is 0.213 e. The van der Waals surface area contributed by atoms with E-state index in [2.05, 4.69) is 20.3 Å². The van der Waals surface area contributed by atoms with Gasteiger partial charge in [-0.2, -0.15) is 0 Å². The van der Waals surface area contributed by atoms with Gasteiger partial charge in [-0.1, -0.05) is 0 Å². The van der Waals surface area contributed by atoms with E-state index in [9.17, 15) is 8.42 Å². The van der Waals surface area contributed by atoms with Crippen molar-refractivity contribution in [3.63, 3.8) is 0 Å². The fourth-order valence-electron chi connectivity index (χ4n) is 2.15. The first-order chi connectivity index (χ1) is 11.3. The summed E-state index contributed by atoms with van der Waals surface area (Å²) in [6, 6.07) is 0. The Morgan fingerprint density at radius 3 is 2.60 bits per heavy atom. The average Bonchev–Trinajstić information content (AvgIpc) is 2.57. The number of nitrogens with one attached hydrogen (secondary N) is 3. The molecule has 3 N–H and O–H groups in total. The third kappa shape index (κ3) is 11.2. The molecular weight excluding hydrogens is 459 g/mol. The quantitative estimate of drug-likeness (QED) is 0.249. The van der Waals surface area contributed by atoms with Crippen molar-refractivity contribution in [1.29, 1.82) is 0 Å². The lowest BCUT2D eigenvalue weighted by atomic mass is 10.1. The van der Waals surface area contributed by atoms with Crippen molar-refractivity contribution in [2.75, 3.05) is 46.2 Å². The lowest BCUT2D eigenvalue weighted by molar-refractivity contribution is 0.0200. The number of guanidine groups is 1. The first-order valence-corrected chi connectivity index (χ1v) is 10.0. The van der Waals surface area contributed by atoms with E-state index in [-0.39, 0.29) is 48.0 Å². The molecule has 0 saturated carbocycles. The van der Waals surface area contributed by atoms with Crippen molar-refractivity contribution in [3.8, 4) is 0 Å². The maximum atomic E-state index is 12.0. The first-order valence-electron chi connectivity index (χ1n) is 8.36. The minimum atomic E-state index is -3.33. The third-order valence-corrected chi connectivity index (χ3v) is 5.27. The molecule has 1 heterocycles. The zero-order valence-electron chi connectivity index (χ0n) is 15.6. The van der Waals surface area contributed by atoms with Crippen LogP contribution in [-0.4, -0.2) is 72.2 Å². The van der Waals surface area contributed by atoms with Crippen LogP contribution in [0.15, 0.2) is 4.99 Å². The van der Waals surface area contributed by atoms with Gasteiger partial charge in [0.1, 0.15) is 0 Å². The highest BCUT2D eigenvalue weighted by molar-refractivity contribution is 14.0. The number of hydrogen-bond donors (Lipinski definition) is 3. The first kappa shape index (κ1) is 24.8. The molecule has 8 nitrogen and oxygen atoms in total. The summed E-state index contributed by atoms with van der Waals surface area (Å²) in [5.74, 6) is 0.527. The van der Waals surface area contributed by atoms with Crippen LogP contribution >= 0.6 is 24.0 Å². The maximum absolute atomic E-state index is 12.0. The fraction of sp³-hybridized carbons (Fsp3) is 0.933. The molecule has 0 aromatic carbocycles. The summed E-state index contributed by atoms with van der Waals surface area (Å²) in [5, 5.41) is 6.10. The van der Waals surface area contributed by atoms with Crippen LogP contribution in [0.3, 0.4) is 0 Å². The van der Waals surface area contributed by atoms with Crippen LogP contribution in [0.5, 0.6) is 0 Å². The van der Waals surface area contributed by atoms with Gasteiger partial charge in [0.15, 0.2) is 5.96 Å². The van der Waals surface area contributed by atoms with Crippen LogP contribution in [0.25, 0.3) is 0 Å². The Hall–Kier alpha value is -0.170. The predicted octanol–water partition coefficient (Wildman–Crippen LogP) is 0.683. The number of aliphatic imine (C=N–C) groups is 1. The van der Waals surface area contributed by atoms with Crippen LogP contribution in [0.4, 0.5) is 0 Å². The molecule has 1 unspecified atom stereocenters. The van der Waals surface area contributed by atoms with Crippen molar-refractivity contribution in [2.45, 2.75) is 44.8 Å². The molecule has 1 aliphatic rings. The van der Waals surface area contributed by atoms with Crippen molar-refractivity contribution in [3.05, 3.63) is 0 Å². The monoisotopic (exact) mass is 492 g/mol. The van der Waals surface area contributed by atoms with Gasteiger partial charge in [0.05, 0.1) is 17.5 Å². The van der Waals surface area contributed by atoms with E-state index < -0.39 is 10.0 Å². The summed E-state index contributed by atoms with van der Waals surface area (Å²) < 4.78 is 37.5. The topological polar surface area (TPSA) is 101 Å². The van der Waals surface area contributed by atoms with E-state index >= 15 is 0 Å². The Balaban J connectivity index is 0.00000576. The second-order valence-electron chi connectivity index (χ2n) is 6.47. The van der Waals surface area contributed by atoms with E-state index in [4.69, 9.17) is 9.47 Å². The summed E-state index contributed by atoms with van der Waals surface area (Å²) in [4.78, 5) is 4.07. The van der Waals surface area contributed by atoms with Crippen LogP contribution < -0.4 is 15.4 Å². The highest BCUT2D eigenvalue weighted by Gasteiger charge is 2.18. The fourth-order valence-corrected chi connectivity index (χ4v) is 3.11. The molecule has 25 heavy (non-hydrogen) atoms. The van der Waals surface area contributed by atoms with E-state index in [0.717, 1.165) is 19.3 Å². The molecule has 0 amide bonds. The largest absolute Gasteiger partial charge is 0.377 e. The zero-order chi connectivity index (χ0) is 18.1. The molecular formula is C15H33IN4O4S. The second kappa shape index (κ2) is 12.3. The predicted molar refractivity (Wildman–Crippen MR) is 111 cm³/mol. The van der Waals surface area contributed by atoms with Crippen LogP contribution in [0, 0.1) is 0 Å². The standard InChI is InChI=1S/C15H32N4O4S.HI/c1-15(2,22-4)12-18-14(16-3)17-8-10-24(20,21)19-11-13-7-5-6-9-23-13;/h13,19H,5-12H2,1-4H3,(H2,16,17,18);1H. The maximum Gasteiger partial charge on any atom is 0.213 e. The average molecular weight is 492 g/mol. The molecule has 1 aliphatic heterocycles. The Labute approximate surface area is 169 Å². The summed E-state index contributed by atoms with van der Waals surface area (Å²) in [7, 11) is -0.0467. The molecule has 1 atom stereocenters. The molecule has 10 heteroatoms. The van der Waals surface area contributed by atoms with Gasteiger partial charge < -0.3 is 20.1 Å². The Kier molecular flexibility index (Phi) is 12.2. The highest BCUT2D eigenvalue weighted by Crippen LogP contribution is 2.11. The molecule has 0 bridgehead atoms. The van der Waals surface area contributed by atoms with Crippen LogP contribution in [0.2, 0.25) is 0 Å². The van der Waals surface area contributed by atoms with Gasteiger partial charge in [0, 0.05) is 40.4 Å². The normalized spacial score (nSPS) is 19.2. The second-order valence-corrected chi connectivity index (χ2v) is 8.40. The van der Waals surface area contributed by atoms with Crippen molar-refractivity contribution in [2.24, 2.45) is 4.99 Å². The molecule has 1 fully saturated rings. The lowest BCUT2D eigenvalue weighted by Gasteiger charge is -2.24. The summed E-state index contributed by atoms with van der Waals surface area (Å²) >= 11 is 0. The van der Waals surface area contributed by atoms with Crippen molar-refractivity contribution in [1.82, 2.24) is 15.4 Å². The van der Waals surface area contributed by atoms with Gasteiger partial charge in [-0.25, -0.2) is 13.1 Å². The van der Waals surface area contributed by atoms with Gasteiger partial charge in [-0.3, -0.25) is 4.99 Å². The molecule has 0 radical (unpaired) electrons. The zero-order valence-corrected chi connectivity index (χ0v) is 18.8. The van der Waals surface area contributed by atoms with E-state index in [1.807, 2.05) is 13.8 Å². The molecule has 0 aliphatic carbocycles. The van der Waals surface area contributed by atoms with Crippen molar-refractivity contribution < 1.29 is 17.9 Å². The number of nitrogens with zero attached hydrogens (tertiary/aromatic N) is 1. The summed E-state index contributed by atoms with van der Waals surface area (Å²) in [6.07, 6.45) is 3.05. The number of sulfonamides is 1. The van der Waals surface area contributed by atoms with Crippen molar-refractivity contribution >= 4 is 40.0 Å². The molecule has 1 saturated heterocycles. The van der Waals surface area contributed by atoms with Crippen LogP contribution in [0.1, 0.15) is 33.1 Å². The van der Waals surface area contributed by atoms with Gasteiger partial charge in [-0.15, -0.1) is 24.0 Å². The highest BCUT2D eigenvalue weighted by atomic mass is 127. The molecule has 0 aromatic rings. The Bertz CT molecular complexity index is 494. The van der Waals surface area contributed by atoms with Crippen LogP contribution in [-0.2, 0) is 19.5 Å². The lowest BCUT2D eigenvalue weighted by Crippen LogP contribution is -2.47. The number of rotatable bonds is 9. The minimum absolute atomic E-state index is 0. The van der Waals surface area contributed by atoms with Gasteiger partial charge >= 0.3 is 0 Å². The number of halogens is 1. The summed E-state index contributed by atoms with van der Waals surface area (Å²) in [5.41, 5.74) is -0.328. The van der Waals surface area contributed by atoms with Gasteiger partial charge in [0.2, 0.25) is 10.0 Å². The van der Waals surface area contributed by atoms with Gasteiger partial charge in [0.25, 0.3) is 0 Å². The van der Waals surface area contributed by atoms with E-state index in [0.29, 0.717) is 25.7 Å². The molecule has 0 aromatic heterocycles. The Morgan fingerprint density at radius 2 is 2.04 bits per heavy atom. The minimum Gasteiger partial charge on any atom is -0.377 e. The number of hydrogen-bond acceptors (Lipinski definition) is 5. The molecule has 1 rings (SSSR count). The van der Waals surface area contributed by atoms with Gasteiger partial charge in [-0.05, 0) is 33.1 Å². The number of ether oxygens (including phenoxy) is 2. The number of methoxy groups -OCH3 is 1. The summed E-state index contributed by atoms with van der Waals surface area (Å²) in [6.45, 7) is 5.80. The third-order valence-electron chi connectivity index (χ3n) is 3.93. The Morgan fingerprint density at radius 1 is 1.32 bits per heavy atom. The SMILES string of the molecule is CN=C(NCCS(=O)(=O)NCC1CCCCO1)NCC(C)(C)OC.I. The van der Waals surface area contributed by atoms with E-state index in [1.54, 1.807) is 14.2 Å². The van der Waals surface area contributed by atoms with E-state index in [1.165, 1.54) is 0 Å². The molecule has 0 spiro atoms.